The summed E-state index contributed by atoms with van der Waals surface area (Å²) in [6.07, 6.45) is 0. The molecule has 1 fully saturated rings. The minimum Gasteiger partial charge on any atom is -0.335 e. The number of para-hydroxylation sites is 1. The van der Waals surface area contributed by atoms with E-state index in [2.05, 4.69) is 61.2 Å². The molecule has 0 aliphatic carbocycles. The molecule has 1 aliphatic rings. The molecule has 0 bridgehead atoms. The number of aryl methyl sites for hydroxylation is 2. The molecule has 0 saturated carbocycles. The first-order valence-corrected chi connectivity index (χ1v) is 12.4. The lowest BCUT2D eigenvalue weighted by molar-refractivity contribution is 0.0619. The Labute approximate surface area is 211 Å². The zero-order chi connectivity index (χ0) is 24.4. The standard InChI is InChI=1S/C29H29ClN4O/c1-21-12-13-24(18-22(21)2)26-19-28(34(31-26)27-11-7-6-10-25(27)30)29(35)33-16-14-32(15-17-33)20-23-8-4-3-5-9-23/h3-13,18-19H,14-17,20H2,1-2H3. The van der Waals surface area contributed by atoms with E-state index in [1.165, 1.54) is 16.7 Å². The topological polar surface area (TPSA) is 41.4 Å². The summed E-state index contributed by atoms with van der Waals surface area (Å²) in [6.45, 7) is 8.11. The van der Waals surface area contributed by atoms with Crippen LogP contribution in [0.15, 0.2) is 78.9 Å². The van der Waals surface area contributed by atoms with Gasteiger partial charge in [-0.2, -0.15) is 5.10 Å². The lowest BCUT2D eigenvalue weighted by atomic mass is 10.0. The number of nitrogens with zero attached hydrogens (tertiary/aromatic N) is 4. The van der Waals surface area contributed by atoms with Crippen LogP contribution in [0.3, 0.4) is 0 Å². The number of hydrogen-bond donors (Lipinski definition) is 0. The second-order valence-corrected chi connectivity index (χ2v) is 9.54. The number of halogens is 1. The highest BCUT2D eigenvalue weighted by molar-refractivity contribution is 6.32. The van der Waals surface area contributed by atoms with Crippen molar-refractivity contribution in [2.75, 3.05) is 26.2 Å². The van der Waals surface area contributed by atoms with Crippen LogP contribution in [0.2, 0.25) is 5.02 Å². The monoisotopic (exact) mass is 484 g/mol. The Balaban J connectivity index is 1.42. The highest BCUT2D eigenvalue weighted by Crippen LogP contribution is 2.28. The van der Waals surface area contributed by atoms with Gasteiger partial charge in [-0.3, -0.25) is 9.69 Å². The third-order valence-electron chi connectivity index (χ3n) is 6.72. The van der Waals surface area contributed by atoms with E-state index < -0.39 is 0 Å². The molecule has 0 atom stereocenters. The number of aromatic nitrogens is 2. The third kappa shape index (κ3) is 5.02. The molecule has 178 valence electrons. The van der Waals surface area contributed by atoms with Crippen molar-refractivity contribution in [3.05, 3.63) is 106 Å². The molecular formula is C29H29ClN4O. The number of benzene rings is 3. The van der Waals surface area contributed by atoms with Crippen molar-refractivity contribution in [3.8, 4) is 16.9 Å². The van der Waals surface area contributed by atoms with Crippen LogP contribution in [0.25, 0.3) is 16.9 Å². The van der Waals surface area contributed by atoms with Gasteiger partial charge in [0.25, 0.3) is 5.91 Å². The summed E-state index contributed by atoms with van der Waals surface area (Å²) < 4.78 is 1.70. The molecular weight excluding hydrogens is 456 g/mol. The first-order chi connectivity index (χ1) is 17.0. The van der Waals surface area contributed by atoms with E-state index in [0.717, 1.165) is 30.9 Å². The fourth-order valence-corrected chi connectivity index (χ4v) is 4.71. The Bertz CT molecular complexity index is 1340. The van der Waals surface area contributed by atoms with E-state index in [1.807, 2.05) is 41.3 Å². The van der Waals surface area contributed by atoms with Crippen molar-refractivity contribution in [1.29, 1.82) is 0 Å². The molecule has 5 nitrogen and oxygen atoms in total. The zero-order valence-corrected chi connectivity index (χ0v) is 20.9. The Morgan fingerprint density at radius 1 is 0.857 bits per heavy atom. The largest absolute Gasteiger partial charge is 0.335 e. The van der Waals surface area contributed by atoms with Crippen molar-refractivity contribution in [2.24, 2.45) is 0 Å². The average molecular weight is 485 g/mol. The van der Waals surface area contributed by atoms with Gasteiger partial charge in [-0.05, 0) is 54.8 Å². The Kier molecular flexibility index (Phi) is 6.71. The second-order valence-electron chi connectivity index (χ2n) is 9.13. The summed E-state index contributed by atoms with van der Waals surface area (Å²) in [5, 5.41) is 5.40. The van der Waals surface area contributed by atoms with Gasteiger partial charge in [0.1, 0.15) is 5.69 Å². The van der Waals surface area contributed by atoms with Crippen molar-refractivity contribution >= 4 is 17.5 Å². The number of piperazine rings is 1. The van der Waals surface area contributed by atoms with E-state index >= 15 is 0 Å². The van der Waals surface area contributed by atoms with Gasteiger partial charge in [0.15, 0.2) is 0 Å². The second kappa shape index (κ2) is 10.1. The van der Waals surface area contributed by atoms with Gasteiger partial charge in [-0.15, -0.1) is 0 Å². The van der Waals surface area contributed by atoms with E-state index in [0.29, 0.717) is 29.5 Å². The maximum atomic E-state index is 13.7. The molecule has 0 N–H and O–H groups in total. The predicted molar refractivity (Wildman–Crippen MR) is 141 cm³/mol. The minimum absolute atomic E-state index is 0.0214. The molecule has 0 unspecified atom stereocenters. The van der Waals surface area contributed by atoms with Crippen molar-refractivity contribution in [1.82, 2.24) is 19.6 Å². The van der Waals surface area contributed by atoms with Crippen LogP contribution in [-0.4, -0.2) is 51.7 Å². The maximum Gasteiger partial charge on any atom is 0.272 e. The molecule has 5 rings (SSSR count). The zero-order valence-electron chi connectivity index (χ0n) is 20.1. The van der Waals surface area contributed by atoms with Crippen LogP contribution in [0.1, 0.15) is 27.2 Å². The predicted octanol–water partition coefficient (Wildman–Crippen LogP) is 5.77. The number of carbonyl (C=O) groups is 1. The molecule has 2 heterocycles. The lowest BCUT2D eigenvalue weighted by Crippen LogP contribution is -2.48. The average Bonchev–Trinajstić information content (AvgIpc) is 3.32. The van der Waals surface area contributed by atoms with Gasteiger partial charge < -0.3 is 4.90 Å². The number of amides is 1. The summed E-state index contributed by atoms with van der Waals surface area (Å²) in [5.74, 6) is -0.0214. The van der Waals surface area contributed by atoms with E-state index in [4.69, 9.17) is 16.7 Å². The van der Waals surface area contributed by atoms with E-state index in [1.54, 1.807) is 4.68 Å². The van der Waals surface area contributed by atoms with Gasteiger partial charge in [0, 0.05) is 38.3 Å². The van der Waals surface area contributed by atoms with Gasteiger partial charge in [0.05, 0.1) is 16.4 Å². The van der Waals surface area contributed by atoms with Crippen molar-refractivity contribution < 1.29 is 4.79 Å². The summed E-state index contributed by atoms with van der Waals surface area (Å²) in [4.78, 5) is 18.1. The van der Waals surface area contributed by atoms with Gasteiger partial charge in [-0.1, -0.05) is 66.2 Å². The van der Waals surface area contributed by atoms with E-state index in [-0.39, 0.29) is 5.91 Å². The van der Waals surface area contributed by atoms with Crippen LogP contribution in [0.4, 0.5) is 0 Å². The van der Waals surface area contributed by atoms with Crippen LogP contribution < -0.4 is 0 Å². The smallest absolute Gasteiger partial charge is 0.272 e. The van der Waals surface area contributed by atoms with Gasteiger partial charge in [0.2, 0.25) is 0 Å². The summed E-state index contributed by atoms with van der Waals surface area (Å²) >= 11 is 6.53. The molecule has 1 saturated heterocycles. The molecule has 1 amide bonds. The first-order valence-electron chi connectivity index (χ1n) is 12.0. The fourth-order valence-electron chi connectivity index (χ4n) is 4.50. The molecule has 1 aliphatic heterocycles. The molecule has 1 aromatic heterocycles. The summed E-state index contributed by atoms with van der Waals surface area (Å²) in [6, 6.07) is 26.1. The third-order valence-corrected chi connectivity index (χ3v) is 7.04. The van der Waals surface area contributed by atoms with Crippen LogP contribution in [-0.2, 0) is 6.54 Å². The van der Waals surface area contributed by atoms with Crippen molar-refractivity contribution in [2.45, 2.75) is 20.4 Å². The maximum absolute atomic E-state index is 13.7. The van der Waals surface area contributed by atoms with Gasteiger partial charge >= 0.3 is 0 Å². The first kappa shape index (κ1) is 23.3. The summed E-state index contributed by atoms with van der Waals surface area (Å²) in [7, 11) is 0. The Morgan fingerprint density at radius 3 is 2.29 bits per heavy atom. The quantitative estimate of drug-likeness (QED) is 0.361. The minimum atomic E-state index is -0.0214. The molecule has 4 aromatic rings. The number of hydrogen-bond acceptors (Lipinski definition) is 3. The lowest BCUT2D eigenvalue weighted by Gasteiger charge is -2.34. The molecule has 0 spiro atoms. The van der Waals surface area contributed by atoms with Crippen molar-refractivity contribution in [3.63, 3.8) is 0 Å². The van der Waals surface area contributed by atoms with Crippen LogP contribution >= 0.6 is 11.6 Å². The summed E-state index contributed by atoms with van der Waals surface area (Å²) in [5.41, 5.74) is 6.70. The van der Waals surface area contributed by atoms with Crippen LogP contribution in [0.5, 0.6) is 0 Å². The highest BCUT2D eigenvalue weighted by Gasteiger charge is 2.27. The fraction of sp³-hybridized carbons (Fsp3) is 0.241. The van der Waals surface area contributed by atoms with Crippen LogP contribution in [0, 0.1) is 13.8 Å². The number of carbonyl (C=O) groups excluding carboxylic acids is 1. The van der Waals surface area contributed by atoms with Gasteiger partial charge in [-0.25, -0.2) is 4.68 Å². The SMILES string of the molecule is Cc1ccc(-c2cc(C(=O)N3CCN(Cc4ccccc4)CC3)n(-c3ccccc3Cl)n2)cc1C. The Hall–Kier alpha value is -3.41. The molecule has 6 heteroatoms. The number of rotatable bonds is 5. The van der Waals surface area contributed by atoms with E-state index in [9.17, 15) is 4.79 Å². The normalized spacial score (nSPS) is 14.3. The highest BCUT2D eigenvalue weighted by atomic mass is 35.5. The molecule has 3 aromatic carbocycles. The molecule has 35 heavy (non-hydrogen) atoms. The molecule has 0 radical (unpaired) electrons. The Morgan fingerprint density at radius 2 is 1.57 bits per heavy atom.